The molecule has 0 radical (unpaired) electrons. The number of fused-ring (bicyclic) bond motifs is 1. The van der Waals surface area contributed by atoms with Crippen LogP contribution in [-0.2, 0) is 52.4 Å². The molecule has 2 aromatic carbocycles. The minimum atomic E-state index is -1.22. The van der Waals surface area contributed by atoms with Crippen molar-refractivity contribution in [3.05, 3.63) is 53.6 Å². The van der Waals surface area contributed by atoms with Gasteiger partial charge in [0.1, 0.15) is 28.5 Å². The van der Waals surface area contributed by atoms with E-state index < -0.39 is 23.3 Å². The number of carbonyl (C=O) groups excluding carboxylic acids is 5. The van der Waals surface area contributed by atoms with E-state index in [-0.39, 0.29) is 103 Å². The number of rotatable bonds is 35. The van der Waals surface area contributed by atoms with Gasteiger partial charge < -0.3 is 59.0 Å². The molecule has 93 heavy (non-hydrogen) atoms. The van der Waals surface area contributed by atoms with E-state index in [0.717, 1.165) is 36.2 Å². The Morgan fingerprint density at radius 2 is 1.17 bits per heavy atom. The number of aliphatic hydroxyl groups is 1. The van der Waals surface area contributed by atoms with Crippen LogP contribution in [0.15, 0.2) is 42.5 Å². The Morgan fingerprint density at radius 3 is 1.65 bits per heavy atom. The highest BCUT2D eigenvalue weighted by molar-refractivity contribution is 6.43. The molecule has 4 saturated carbocycles. The van der Waals surface area contributed by atoms with Gasteiger partial charge in [-0.05, 0) is 123 Å². The first-order valence-corrected chi connectivity index (χ1v) is 34.0. The van der Waals surface area contributed by atoms with Crippen LogP contribution in [0.3, 0.4) is 0 Å². The van der Waals surface area contributed by atoms with Crippen LogP contribution in [0.1, 0.15) is 119 Å². The molecule has 7 rings (SSSR count). The van der Waals surface area contributed by atoms with E-state index >= 15 is 0 Å². The van der Waals surface area contributed by atoms with Crippen molar-refractivity contribution >= 4 is 52.5 Å². The Bertz CT molecular complexity index is 2780. The number of hydrogen-bond acceptors (Lipinski definition) is 20. The van der Waals surface area contributed by atoms with Gasteiger partial charge in [-0.2, -0.15) is 0 Å². The number of anilines is 1. The number of amides is 2. The highest BCUT2D eigenvalue weighted by Crippen LogP contribution is 2.84. The summed E-state index contributed by atoms with van der Waals surface area (Å²) in [4.78, 5) is 75.1. The van der Waals surface area contributed by atoms with Gasteiger partial charge in [-0.15, -0.1) is 0 Å². The van der Waals surface area contributed by atoms with Crippen molar-refractivity contribution in [3.63, 3.8) is 0 Å². The molecule has 4 aliphatic carbocycles. The Balaban J connectivity index is 0.900. The van der Waals surface area contributed by atoms with Crippen molar-refractivity contribution in [1.29, 1.82) is 5.41 Å². The summed E-state index contributed by atoms with van der Waals surface area (Å²) in [5.41, 5.74) is 2.21. The second-order valence-corrected chi connectivity index (χ2v) is 28.7. The minimum Gasteiger partial charge on any atom is -0.496 e. The van der Waals surface area contributed by atoms with E-state index in [1.807, 2.05) is 118 Å². The number of quaternary nitrogens is 1. The van der Waals surface area contributed by atoms with E-state index in [2.05, 4.69) is 35.9 Å². The number of carbonyl (C=O) groups is 5. The van der Waals surface area contributed by atoms with Crippen LogP contribution >= 0.6 is 0 Å². The van der Waals surface area contributed by atoms with Crippen molar-refractivity contribution in [2.24, 2.45) is 46.8 Å². The number of benzene rings is 2. The molecule has 2 bridgehead atoms. The van der Waals surface area contributed by atoms with Crippen molar-refractivity contribution in [2.45, 2.75) is 125 Å². The molecule has 2 aromatic rings. The SMILES string of the molecule is COc1cccc(OC)c1/C(=C/C(=N)C(=O)NC1(C(O)OC(C)(C)C)C2CC3CC4CC1C42C3)[NH2+]c1ccc(NCCOCCOCCNC(=O)CN2CCN(CC(=O)OCC(C)C)CCN(CC(=O)OCC(C)C)CCN(CC(=O)OCC(C)C)CC2)cc1C(C)C. The molecule has 7 N–H and O–H groups in total. The average Bonchev–Trinajstić information content (AvgIpc) is 1.50. The Hall–Kier alpha value is -5.76. The number of methoxy groups -OCH3 is 2. The van der Waals surface area contributed by atoms with E-state index in [9.17, 15) is 34.5 Å². The second kappa shape index (κ2) is 34.8. The van der Waals surface area contributed by atoms with Gasteiger partial charge in [0, 0.05) is 88.8 Å². The normalized spacial score (nSPS) is 23.3. The molecule has 1 heterocycles. The van der Waals surface area contributed by atoms with E-state index in [0.29, 0.717) is 140 Å². The van der Waals surface area contributed by atoms with E-state index in [1.165, 1.54) is 6.42 Å². The van der Waals surface area contributed by atoms with Gasteiger partial charge in [0.15, 0.2) is 12.0 Å². The highest BCUT2D eigenvalue weighted by atomic mass is 16.6. The first-order valence-electron chi connectivity index (χ1n) is 34.0. The van der Waals surface area contributed by atoms with Crippen LogP contribution in [-0.4, -0.2) is 230 Å². The van der Waals surface area contributed by atoms with Crippen LogP contribution < -0.4 is 30.7 Å². The molecular weight excluding hydrogens is 1190 g/mol. The maximum absolute atomic E-state index is 14.5. The number of hydrogen-bond donors (Lipinski definition) is 6. The molecule has 520 valence electrons. The topological polar surface area (TPSA) is 269 Å². The number of esters is 3. The summed E-state index contributed by atoms with van der Waals surface area (Å²) < 4.78 is 46.5. The summed E-state index contributed by atoms with van der Waals surface area (Å²) in [6.45, 7) is 29.0. The van der Waals surface area contributed by atoms with Crippen LogP contribution in [0.25, 0.3) is 5.70 Å². The summed E-state index contributed by atoms with van der Waals surface area (Å²) in [7, 11) is 3.16. The number of aliphatic hydroxyl groups excluding tert-OH is 1. The third-order valence-corrected chi connectivity index (χ3v) is 18.6. The first-order chi connectivity index (χ1) is 44.2. The lowest BCUT2D eigenvalue weighted by atomic mass is 9.31. The fraction of sp³-hybridized carbons (Fsp3) is 0.714. The predicted molar refractivity (Wildman–Crippen MR) is 356 cm³/mol. The zero-order valence-corrected chi connectivity index (χ0v) is 58.0. The molecule has 5 fully saturated rings. The molecule has 23 heteroatoms. The Morgan fingerprint density at radius 1 is 0.677 bits per heavy atom. The third-order valence-electron chi connectivity index (χ3n) is 18.6. The van der Waals surface area contributed by atoms with Crippen LogP contribution in [0.2, 0.25) is 0 Å². The van der Waals surface area contributed by atoms with Gasteiger partial charge in [0.25, 0.3) is 5.91 Å². The van der Waals surface area contributed by atoms with Crippen LogP contribution in [0, 0.1) is 52.2 Å². The quantitative estimate of drug-likeness (QED) is 0.0124. The van der Waals surface area contributed by atoms with Crippen molar-refractivity contribution < 1.29 is 72.3 Å². The lowest BCUT2D eigenvalue weighted by Crippen LogP contribution is -2.85. The second-order valence-electron chi connectivity index (χ2n) is 28.7. The summed E-state index contributed by atoms with van der Waals surface area (Å²) >= 11 is 0. The maximum Gasteiger partial charge on any atom is 0.320 e. The number of nitrogens with two attached hydrogens (primary N) is 1. The van der Waals surface area contributed by atoms with Gasteiger partial charge >= 0.3 is 17.9 Å². The molecule has 23 nitrogen and oxygen atoms in total. The van der Waals surface area contributed by atoms with Crippen LogP contribution in [0.5, 0.6) is 11.5 Å². The molecule has 1 saturated heterocycles. The average molecular weight is 1300 g/mol. The highest BCUT2D eigenvalue weighted by Gasteiger charge is 2.85. The van der Waals surface area contributed by atoms with Crippen molar-refractivity contribution in [1.82, 2.24) is 30.2 Å². The van der Waals surface area contributed by atoms with Crippen molar-refractivity contribution in [3.8, 4) is 11.5 Å². The molecule has 0 aromatic heterocycles. The number of nitrogens with zero attached hydrogens (tertiary/aromatic N) is 4. The van der Waals surface area contributed by atoms with Gasteiger partial charge in [0.05, 0.1) is 97.8 Å². The van der Waals surface area contributed by atoms with Gasteiger partial charge in [-0.3, -0.25) is 54.3 Å². The van der Waals surface area contributed by atoms with Gasteiger partial charge in [-0.25, -0.2) is 0 Å². The van der Waals surface area contributed by atoms with E-state index in [4.69, 9.17) is 37.9 Å². The Labute approximate surface area is 552 Å². The predicted octanol–water partition coefficient (Wildman–Crippen LogP) is 5.52. The Kier molecular flexibility index (Phi) is 27.9. The smallest absolute Gasteiger partial charge is 0.320 e. The van der Waals surface area contributed by atoms with Gasteiger partial charge in [-0.1, -0.05) is 61.5 Å². The van der Waals surface area contributed by atoms with Gasteiger partial charge in [0.2, 0.25) is 5.91 Å². The fourth-order valence-corrected chi connectivity index (χ4v) is 14.4. The summed E-state index contributed by atoms with van der Waals surface area (Å²) in [6.07, 6.45) is 4.59. The zero-order valence-electron chi connectivity index (χ0n) is 58.0. The minimum absolute atomic E-state index is 0.0600. The third kappa shape index (κ3) is 20.6. The summed E-state index contributed by atoms with van der Waals surface area (Å²) in [6, 6.07) is 11.6. The number of nitrogens with one attached hydrogen (secondary N) is 4. The largest absolute Gasteiger partial charge is 0.496 e. The lowest BCUT2D eigenvalue weighted by Gasteiger charge is -2.77. The molecule has 1 aliphatic heterocycles. The molecule has 7 atom stereocenters. The monoisotopic (exact) mass is 1300 g/mol. The molecule has 2 amide bonds. The van der Waals surface area contributed by atoms with Crippen molar-refractivity contribution in [2.75, 3.05) is 157 Å². The molecular formula is C70H112N9O14+. The summed E-state index contributed by atoms with van der Waals surface area (Å²) in [5, 5.41) is 33.0. The standard InChI is InChI=1S/C70H111N9O14/c1-46(2)43-90-62(81)40-77-23-21-76(22-24-78(41-63(82)91-44-47(3)4)26-28-79(27-25-77)42-64(83)92-45-48(5)6)39-61(80)73-20-30-89-32-31-88-29-19-72-52-17-18-55(53(36-52)49(7)8)74-56(65-57(86-12)15-14-16-58(65)87-13)37-54(71)66(84)75-70(67(85)93-68(9,10)11)59-34-50-33-51-35-60(70)69(51,59)38-50/h14-18,36-37,46-51,59-60,67,71-72,74,85H,19-35,38-45H2,1-13H3,(H,73,80)(H,75,84)/p+1/b56-37-,71-54?. The summed E-state index contributed by atoms with van der Waals surface area (Å²) in [5.74, 6) is 1.33. The molecule has 7 unspecified atom stereocenters. The lowest BCUT2D eigenvalue weighted by molar-refractivity contribution is -0.469. The molecule has 1 spiro atoms. The van der Waals surface area contributed by atoms with Crippen LogP contribution in [0.4, 0.5) is 11.4 Å². The number of ether oxygens (including phenoxy) is 8. The maximum atomic E-state index is 14.5. The first kappa shape index (κ1) is 74.6. The zero-order chi connectivity index (χ0) is 67.6. The fourth-order valence-electron chi connectivity index (χ4n) is 14.4. The molecule has 5 aliphatic rings. The van der Waals surface area contributed by atoms with E-state index in [1.54, 1.807) is 20.3 Å².